The second-order valence-corrected chi connectivity index (χ2v) is 7.44. The first kappa shape index (κ1) is 16.3. The lowest BCUT2D eigenvalue weighted by Gasteiger charge is -2.12. The minimum atomic E-state index is -3.75. The summed E-state index contributed by atoms with van der Waals surface area (Å²) in [5.74, 6) is 0. The maximum atomic E-state index is 12.4. The third-order valence-electron chi connectivity index (χ3n) is 2.88. The maximum Gasteiger partial charge on any atom is 0.261 e. The summed E-state index contributed by atoms with van der Waals surface area (Å²) in [5, 5.41) is 9.56. The Morgan fingerprint density at radius 3 is 2.67 bits per heavy atom. The summed E-state index contributed by atoms with van der Waals surface area (Å²) in [6.45, 7) is 1.61. The van der Waals surface area contributed by atoms with Gasteiger partial charge in [-0.25, -0.2) is 8.42 Å². The number of anilines is 1. The number of benzene rings is 2. The number of hydrogen-bond acceptors (Lipinski definition) is 3. The SMILES string of the molecule is Cc1cc(Br)c(NS(=O)(=O)c2cccc(CO)c2)cc1Cl. The van der Waals surface area contributed by atoms with Crippen LogP contribution in [0.3, 0.4) is 0 Å². The van der Waals surface area contributed by atoms with E-state index in [2.05, 4.69) is 20.7 Å². The zero-order valence-electron chi connectivity index (χ0n) is 11.1. The Bertz CT molecular complexity index is 778. The molecule has 0 atom stereocenters. The molecular weight excluding hydrogens is 378 g/mol. The molecule has 0 bridgehead atoms. The molecule has 0 aliphatic heterocycles. The largest absolute Gasteiger partial charge is 0.392 e. The lowest BCUT2D eigenvalue weighted by atomic mass is 10.2. The van der Waals surface area contributed by atoms with Crippen LogP contribution in [0.1, 0.15) is 11.1 Å². The molecule has 0 aliphatic rings. The summed E-state index contributed by atoms with van der Waals surface area (Å²) in [4.78, 5) is 0.0812. The molecule has 2 N–H and O–H groups in total. The Morgan fingerprint density at radius 2 is 2.00 bits per heavy atom. The fourth-order valence-corrected chi connectivity index (χ4v) is 3.73. The fraction of sp³-hybridized carbons (Fsp3) is 0.143. The van der Waals surface area contributed by atoms with Crippen molar-refractivity contribution in [1.82, 2.24) is 0 Å². The van der Waals surface area contributed by atoms with Crippen molar-refractivity contribution in [3.8, 4) is 0 Å². The van der Waals surface area contributed by atoms with Crippen LogP contribution in [0.5, 0.6) is 0 Å². The normalized spacial score (nSPS) is 11.4. The zero-order valence-corrected chi connectivity index (χ0v) is 14.3. The standard InChI is InChI=1S/C14H13BrClNO3S/c1-9-5-12(15)14(7-13(9)16)17-21(19,20)11-4-2-3-10(6-11)8-18/h2-7,17-18H,8H2,1H3. The molecule has 2 aromatic carbocycles. The van der Waals surface area contributed by atoms with E-state index in [9.17, 15) is 8.42 Å². The Balaban J connectivity index is 2.39. The van der Waals surface area contributed by atoms with Crippen LogP contribution in [0.4, 0.5) is 5.69 Å². The predicted molar refractivity (Wildman–Crippen MR) is 87.1 cm³/mol. The van der Waals surface area contributed by atoms with Gasteiger partial charge in [0.25, 0.3) is 10.0 Å². The average Bonchev–Trinajstić information content (AvgIpc) is 2.44. The van der Waals surface area contributed by atoms with E-state index in [4.69, 9.17) is 16.7 Å². The molecule has 0 heterocycles. The van der Waals surface area contributed by atoms with Gasteiger partial charge in [0, 0.05) is 9.50 Å². The average molecular weight is 391 g/mol. The van der Waals surface area contributed by atoms with Gasteiger partial charge >= 0.3 is 0 Å². The monoisotopic (exact) mass is 389 g/mol. The van der Waals surface area contributed by atoms with Gasteiger partial charge in [0.1, 0.15) is 0 Å². The van der Waals surface area contributed by atoms with Crippen molar-refractivity contribution in [3.05, 3.63) is 57.0 Å². The Morgan fingerprint density at radius 1 is 1.29 bits per heavy atom. The van der Waals surface area contributed by atoms with Crippen molar-refractivity contribution in [2.75, 3.05) is 4.72 Å². The highest BCUT2D eigenvalue weighted by Crippen LogP contribution is 2.30. The summed E-state index contributed by atoms with van der Waals surface area (Å²) < 4.78 is 27.8. The molecule has 2 aromatic rings. The molecule has 4 nitrogen and oxygen atoms in total. The van der Waals surface area contributed by atoms with Crippen molar-refractivity contribution >= 4 is 43.2 Å². The van der Waals surface area contributed by atoms with Crippen molar-refractivity contribution in [1.29, 1.82) is 0 Å². The van der Waals surface area contributed by atoms with Gasteiger partial charge in [-0.15, -0.1) is 0 Å². The van der Waals surface area contributed by atoms with Crippen LogP contribution in [0, 0.1) is 6.92 Å². The molecular formula is C14H13BrClNO3S. The van der Waals surface area contributed by atoms with Gasteiger partial charge in [0.15, 0.2) is 0 Å². The first-order valence-corrected chi connectivity index (χ1v) is 8.67. The zero-order chi connectivity index (χ0) is 15.6. The first-order valence-electron chi connectivity index (χ1n) is 6.02. The van der Waals surface area contributed by atoms with Gasteiger partial charge in [-0.1, -0.05) is 23.7 Å². The highest BCUT2D eigenvalue weighted by Gasteiger charge is 2.16. The second-order valence-electron chi connectivity index (χ2n) is 4.49. The van der Waals surface area contributed by atoms with Crippen LogP contribution in [-0.4, -0.2) is 13.5 Å². The molecule has 7 heteroatoms. The molecule has 0 fully saturated rings. The van der Waals surface area contributed by atoms with E-state index in [-0.39, 0.29) is 11.5 Å². The van der Waals surface area contributed by atoms with Crippen LogP contribution < -0.4 is 4.72 Å². The van der Waals surface area contributed by atoms with Crippen molar-refractivity contribution in [2.24, 2.45) is 0 Å². The smallest absolute Gasteiger partial charge is 0.261 e. The van der Waals surface area contributed by atoms with E-state index in [1.165, 1.54) is 12.1 Å². The Kier molecular flexibility index (Phi) is 4.93. The molecule has 112 valence electrons. The van der Waals surface area contributed by atoms with Gasteiger partial charge < -0.3 is 5.11 Å². The van der Waals surface area contributed by atoms with Crippen LogP contribution in [0.2, 0.25) is 5.02 Å². The summed E-state index contributed by atoms with van der Waals surface area (Å²) in [5.41, 5.74) is 1.73. The summed E-state index contributed by atoms with van der Waals surface area (Å²) in [6.07, 6.45) is 0. The molecule has 21 heavy (non-hydrogen) atoms. The van der Waals surface area contributed by atoms with Gasteiger partial charge in [0.05, 0.1) is 17.2 Å². The van der Waals surface area contributed by atoms with Crippen molar-refractivity contribution in [2.45, 2.75) is 18.4 Å². The summed E-state index contributed by atoms with van der Waals surface area (Å²) in [7, 11) is -3.75. The van der Waals surface area contributed by atoms with E-state index in [1.807, 2.05) is 6.92 Å². The van der Waals surface area contributed by atoms with Gasteiger partial charge in [-0.2, -0.15) is 0 Å². The van der Waals surface area contributed by atoms with Crippen LogP contribution in [-0.2, 0) is 16.6 Å². The summed E-state index contributed by atoms with van der Waals surface area (Å²) in [6, 6.07) is 9.41. The highest BCUT2D eigenvalue weighted by molar-refractivity contribution is 9.10. The van der Waals surface area contributed by atoms with Gasteiger partial charge in [0.2, 0.25) is 0 Å². The fourth-order valence-electron chi connectivity index (χ4n) is 1.74. The van der Waals surface area contributed by atoms with Crippen molar-refractivity contribution in [3.63, 3.8) is 0 Å². The Hall–Kier alpha value is -1.08. The third kappa shape index (κ3) is 3.77. The predicted octanol–water partition coefficient (Wildman–Crippen LogP) is 3.70. The van der Waals surface area contributed by atoms with E-state index in [0.29, 0.717) is 20.7 Å². The molecule has 0 aliphatic carbocycles. The van der Waals surface area contributed by atoms with Crippen molar-refractivity contribution < 1.29 is 13.5 Å². The quantitative estimate of drug-likeness (QED) is 0.836. The van der Waals surface area contributed by atoms with E-state index in [1.54, 1.807) is 24.3 Å². The number of hydrogen-bond donors (Lipinski definition) is 2. The minimum Gasteiger partial charge on any atom is -0.392 e. The van der Waals surface area contributed by atoms with E-state index < -0.39 is 10.0 Å². The summed E-state index contributed by atoms with van der Waals surface area (Å²) >= 11 is 9.33. The lowest BCUT2D eigenvalue weighted by Crippen LogP contribution is -2.13. The lowest BCUT2D eigenvalue weighted by molar-refractivity contribution is 0.281. The van der Waals surface area contributed by atoms with Crippen LogP contribution in [0.25, 0.3) is 0 Å². The first-order chi connectivity index (χ1) is 9.83. The molecule has 0 unspecified atom stereocenters. The molecule has 0 amide bonds. The molecule has 0 radical (unpaired) electrons. The maximum absolute atomic E-state index is 12.4. The molecule has 2 rings (SSSR count). The number of sulfonamides is 1. The number of aliphatic hydroxyl groups excluding tert-OH is 1. The third-order valence-corrected chi connectivity index (χ3v) is 5.31. The molecule has 0 saturated heterocycles. The van der Waals surface area contributed by atoms with E-state index >= 15 is 0 Å². The number of halogens is 2. The number of rotatable bonds is 4. The second kappa shape index (κ2) is 6.36. The van der Waals surface area contributed by atoms with Crippen LogP contribution in [0.15, 0.2) is 45.8 Å². The topological polar surface area (TPSA) is 66.4 Å². The molecule has 0 spiro atoms. The number of aliphatic hydroxyl groups is 1. The molecule has 0 saturated carbocycles. The Labute approximate surface area is 136 Å². The minimum absolute atomic E-state index is 0.0812. The van der Waals surface area contributed by atoms with E-state index in [0.717, 1.165) is 5.56 Å². The number of aryl methyl sites for hydroxylation is 1. The molecule has 0 aromatic heterocycles. The van der Waals surface area contributed by atoms with Crippen LogP contribution >= 0.6 is 27.5 Å². The van der Waals surface area contributed by atoms with Gasteiger partial charge in [-0.05, 0) is 58.2 Å². The number of nitrogens with one attached hydrogen (secondary N) is 1. The highest BCUT2D eigenvalue weighted by atomic mass is 79.9. The van der Waals surface area contributed by atoms with Gasteiger partial charge in [-0.3, -0.25) is 4.72 Å².